The molecule has 0 unspecified atom stereocenters. The highest BCUT2D eigenvalue weighted by Crippen LogP contribution is 2.29. The summed E-state index contributed by atoms with van der Waals surface area (Å²) in [6.45, 7) is 0. The van der Waals surface area contributed by atoms with Crippen molar-refractivity contribution in [3.63, 3.8) is 0 Å². The van der Waals surface area contributed by atoms with Crippen LogP contribution in [0.4, 0.5) is 10.1 Å². The average Bonchev–Trinajstić information content (AvgIpc) is 2.36. The van der Waals surface area contributed by atoms with Crippen molar-refractivity contribution in [3.05, 3.63) is 52.8 Å². The lowest BCUT2D eigenvalue weighted by Crippen LogP contribution is -2.13. The van der Waals surface area contributed by atoms with Crippen LogP contribution in [0.1, 0.15) is 10.4 Å². The molecule has 2 aromatic rings. The molecule has 0 saturated heterocycles. The minimum absolute atomic E-state index is 0.00565. The minimum Gasteiger partial charge on any atom is -0.507 e. The molecule has 1 amide bonds. The van der Waals surface area contributed by atoms with Gasteiger partial charge in [0.2, 0.25) is 0 Å². The lowest BCUT2D eigenvalue weighted by Gasteiger charge is -2.08. The van der Waals surface area contributed by atoms with Crippen LogP contribution in [0.15, 0.2) is 36.4 Å². The number of halogens is 2. The number of carbonyl (C=O) groups is 1. The van der Waals surface area contributed by atoms with Crippen molar-refractivity contribution in [1.82, 2.24) is 0 Å². The molecular weight excluding hydrogens is 273 g/mol. The molecule has 0 aliphatic carbocycles. The number of aromatic hydroxyl groups is 2. The van der Waals surface area contributed by atoms with Crippen molar-refractivity contribution < 1.29 is 19.4 Å². The second kappa shape index (κ2) is 5.16. The number of amides is 1. The molecule has 2 rings (SSSR count). The molecule has 0 saturated carbocycles. The number of benzene rings is 2. The van der Waals surface area contributed by atoms with Crippen LogP contribution in [0.2, 0.25) is 5.02 Å². The van der Waals surface area contributed by atoms with Gasteiger partial charge in [0, 0.05) is 6.07 Å². The molecule has 0 spiro atoms. The van der Waals surface area contributed by atoms with Gasteiger partial charge in [-0.15, -0.1) is 0 Å². The Bertz CT molecular complexity index is 646. The number of para-hydroxylation sites is 1. The molecule has 19 heavy (non-hydrogen) atoms. The third-order valence-electron chi connectivity index (χ3n) is 2.43. The Balaban J connectivity index is 2.30. The highest BCUT2D eigenvalue weighted by molar-refractivity contribution is 6.32. The number of hydrogen-bond acceptors (Lipinski definition) is 3. The van der Waals surface area contributed by atoms with E-state index in [1.165, 1.54) is 12.1 Å². The summed E-state index contributed by atoms with van der Waals surface area (Å²) in [6, 6.07) is 7.74. The zero-order valence-corrected chi connectivity index (χ0v) is 10.3. The van der Waals surface area contributed by atoms with E-state index in [0.29, 0.717) is 0 Å². The van der Waals surface area contributed by atoms with Gasteiger partial charge in [-0.25, -0.2) is 4.39 Å². The van der Waals surface area contributed by atoms with Crippen LogP contribution in [-0.4, -0.2) is 16.1 Å². The largest absolute Gasteiger partial charge is 0.507 e. The number of rotatable bonds is 2. The summed E-state index contributed by atoms with van der Waals surface area (Å²) in [4.78, 5) is 11.8. The highest BCUT2D eigenvalue weighted by atomic mass is 35.5. The molecule has 4 nitrogen and oxygen atoms in total. The van der Waals surface area contributed by atoms with Crippen LogP contribution in [0.25, 0.3) is 0 Å². The number of phenolic OH excluding ortho intramolecular Hbond substituents is 2. The van der Waals surface area contributed by atoms with E-state index in [2.05, 4.69) is 5.32 Å². The van der Waals surface area contributed by atoms with Gasteiger partial charge < -0.3 is 15.5 Å². The van der Waals surface area contributed by atoms with E-state index in [1.807, 2.05) is 0 Å². The summed E-state index contributed by atoms with van der Waals surface area (Å²) in [5.74, 6) is -2.14. The fourth-order valence-corrected chi connectivity index (χ4v) is 1.65. The fourth-order valence-electron chi connectivity index (χ4n) is 1.49. The van der Waals surface area contributed by atoms with E-state index in [9.17, 15) is 19.4 Å². The second-order valence-corrected chi connectivity index (χ2v) is 4.16. The zero-order valence-electron chi connectivity index (χ0n) is 9.52. The molecule has 0 radical (unpaired) electrons. The third kappa shape index (κ3) is 2.77. The molecule has 6 heteroatoms. The predicted octanol–water partition coefficient (Wildman–Crippen LogP) is 3.14. The Hall–Kier alpha value is -2.27. The molecule has 0 aliphatic rings. The van der Waals surface area contributed by atoms with E-state index < -0.39 is 17.5 Å². The second-order valence-electron chi connectivity index (χ2n) is 3.75. The summed E-state index contributed by atoms with van der Waals surface area (Å²) in [5.41, 5.74) is -0.179. The maximum Gasteiger partial charge on any atom is 0.259 e. The van der Waals surface area contributed by atoms with Gasteiger partial charge in [-0.1, -0.05) is 23.7 Å². The lowest BCUT2D eigenvalue weighted by molar-refractivity contribution is 0.102. The van der Waals surface area contributed by atoms with Gasteiger partial charge >= 0.3 is 0 Å². The molecule has 98 valence electrons. The average molecular weight is 282 g/mol. The van der Waals surface area contributed by atoms with Gasteiger partial charge in [-0.05, 0) is 18.2 Å². The molecule has 0 bridgehead atoms. The predicted molar refractivity (Wildman–Crippen MR) is 69.1 cm³/mol. The van der Waals surface area contributed by atoms with Crippen LogP contribution in [0.5, 0.6) is 11.5 Å². The standard InChI is InChI=1S/C13H9ClFNO3/c14-8-5-10(9(15)6-12(8)18)16-13(19)7-3-1-2-4-11(7)17/h1-6,17-18H,(H,16,19). The van der Waals surface area contributed by atoms with Crippen LogP contribution in [-0.2, 0) is 0 Å². The zero-order chi connectivity index (χ0) is 14.0. The summed E-state index contributed by atoms with van der Waals surface area (Å²) in [5, 5.41) is 20.9. The van der Waals surface area contributed by atoms with Gasteiger partial charge in [0.25, 0.3) is 5.91 Å². The molecule has 0 fully saturated rings. The lowest BCUT2D eigenvalue weighted by atomic mass is 10.2. The van der Waals surface area contributed by atoms with E-state index >= 15 is 0 Å². The Labute approximate surface area is 113 Å². The number of carbonyl (C=O) groups excluding carboxylic acids is 1. The van der Waals surface area contributed by atoms with Gasteiger partial charge in [0.15, 0.2) is 5.82 Å². The molecule has 0 atom stereocenters. The quantitative estimate of drug-likeness (QED) is 0.741. The first-order chi connectivity index (χ1) is 8.99. The fraction of sp³-hybridized carbons (Fsp3) is 0. The molecule has 0 heterocycles. The number of hydrogen-bond donors (Lipinski definition) is 3. The topological polar surface area (TPSA) is 69.6 Å². The maximum atomic E-state index is 13.5. The van der Waals surface area contributed by atoms with Crippen molar-refractivity contribution in [1.29, 1.82) is 0 Å². The number of phenols is 2. The molecule has 0 aliphatic heterocycles. The Kier molecular flexibility index (Phi) is 3.57. The van der Waals surface area contributed by atoms with E-state index in [4.69, 9.17) is 11.6 Å². The first-order valence-corrected chi connectivity index (χ1v) is 5.64. The monoisotopic (exact) mass is 281 g/mol. The van der Waals surface area contributed by atoms with Gasteiger partial charge in [-0.2, -0.15) is 0 Å². The summed E-state index contributed by atoms with van der Waals surface area (Å²) < 4.78 is 13.5. The van der Waals surface area contributed by atoms with Crippen LogP contribution < -0.4 is 5.32 Å². The summed E-state index contributed by atoms with van der Waals surface area (Å²) >= 11 is 5.63. The number of anilines is 1. The minimum atomic E-state index is -0.828. The Morgan fingerprint density at radius 2 is 1.84 bits per heavy atom. The van der Waals surface area contributed by atoms with Crippen molar-refractivity contribution in [2.24, 2.45) is 0 Å². The molecule has 3 N–H and O–H groups in total. The first-order valence-electron chi connectivity index (χ1n) is 5.26. The van der Waals surface area contributed by atoms with Crippen molar-refractivity contribution in [2.45, 2.75) is 0 Å². The van der Waals surface area contributed by atoms with E-state index in [1.54, 1.807) is 12.1 Å². The smallest absolute Gasteiger partial charge is 0.259 e. The van der Waals surface area contributed by atoms with Crippen molar-refractivity contribution in [3.8, 4) is 11.5 Å². The SMILES string of the molecule is O=C(Nc1cc(Cl)c(O)cc1F)c1ccccc1O. The Morgan fingerprint density at radius 1 is 1.16 bits per heavy atom. The molecule has 0 aromatic heterocycles. The highest BCUT2D eigenvalue weighted by Gasteiger charge is 2.14. The van der Waals surface area contributed by atoms with Crippen molar-refractivity contribution in [2.75, 3.05) is 5.32 Å². The Morgan fingerprint density at radius 3 is 2.53 bits per heavy atom. The summed E-state index contributed by atoms with van der Waals surface area (Å²) in [6.07, 6.45) is 0. The number of nitrogens with one attached hydrogen (secondary N) is 1. The maximum absolute atomic E-state index is 13.5. The van der Waals surface area contributed by atoms with Gasteiger partial charge in [0.05, 0.1) is 16.3 Å². The van der Waals surface area contributed by atoms with Crippen LogP contribution >= 0.6 is 11.6 Å². The third-order valence-corrected chi connectivity index (χ3v) is 2.74. The van der Waals surface area contributed by atoms with E-state index in [0.717, 1.165) is 12.1 Å². The molecule has 2 aromatic carbocycles. The normalized spacial score (nSPS) is 10.2. The van der Waals surface area contributed by atoms with Crippen LogP contribution in [0, 0.1) is 5.82 Å². The van der Waals surface area contributed by atoms with E-state index in [-0.39, 0.29) is 22.0 Å². The van der Waals surface area contributed by atoms with Crippen LogP contribution in [0.3, 0.4) is 0 Å². The van der Waals surface area contributed by atoms with Crippen molar-refractivity contribution >= 4 is 23.2 Å². The van der Waals surface area contributed by atoms with Gasteiger partial charge in [0.1, 0.15) is 11.5 Å². The molecular formula is C13H9ClFNO3. The summed E-state index contributed by atoms with van der Waals surface area (Å²) in [7, 11) is 0. The first kappa shape index (κ1) is 13.2. The van der Waals surface area contributed by atoms with Gasteiger partial charge in [-0.3, -0.25) is 4.79 Å².